The van der Waals surface area contributed by atoms with Crippen LogP contribution in [0, 0.1) is 17.3 Å². The van der Waals surface area contributed by atoms with Crippen LogP contribution in [-0.4, -0.2) is 38.1 Å². The van der Waals surface area contributed by atoms with Crippen molar-refractivity contribution in [1.29, 1.82) is 0 Å². The van der Waals surface area contributed by atoms with E-state index in [2.05, 4.69) is 31.1 Å². The fourth-order valence-corrected chi connectivity index (χ4v) is 3.87. The zero-order chi connectivity index (χ0) is 11.6. The van der Waals surface area contributed by atoms with E-state index in [1.54, 1.807) is 0 Å². The van der Waals surface area contributed by atoms with Crippen LogP contribution in [-0.2, 0) is 0 Å². The molecule has 0 saturated carbocycles. The summed E-state index contributed by atoms with van der Waals surface area (Å²) in [5.41, 5.74) is 0.641. The minimum atomic E-state index is 0.641. The van der Waals surface area contributed by atoms with Crippen molar-refractivity contribution in [2.45, 2.75) is 39.5 Å². The number of piperidine rings is 2. The molecule has 2 nitrogen and oxygen atoms in total. The van der Waals surface area contributed by atoms with Crippen LogP contribution in [0.3, 0.4) is 0 Å². The molecule has 94 valence electrons. The van der Waals surface area contributed by atoms with Crippen molar-refractivity contribution in [2.24, 2.45) is 17.3 Å². The average molecular weight is 224 g/mol. The predicted molar refractivity (Wildman–Crippen MR) is 69.6 cm³/mol. The second-order valence-corrected chi connectivity index (χ2v) is 6.48. The minimum absolute atomic E-state index is 0.641. The summed E-state index contributed by atoms with van der Waals surface area (Å²) in [6.45, 7) is 9.88. The molecule has 16 heavy (non-hydrogen) atoms. The first-order valence-corrected chi connectivity index (χ1v) is 7.02. The Morgan fingerprint density at radius 1 is 1.38 bits per heavy atom. The molecule has 0 aromatic rings. The summed E-state index contributed by atoms with van der Waals surface area (Å²) >= 11 is 0. The molecule has 2 saturated heterocycles. The van der Waals surface area contributed by atoms with Crippen LogP contribution in [0.1, 0.15) is 39.5 Å². The smallest absolute Gasteiger partial charge is 0.00385 e. The lowest BCUT2D eigenvalue weighted by Gasteiger charge is -2.50. The van der Waals surface area contributed by atoms with Crippen molar-refractivity contribution in [3.63, 3.8) is 0 Å². The number of rotatable bonds is 2. The van der Waals surface area contributed by atoms with Gasteiger partial charge in [-0.3, -0.25) is 0 Å². The summed E-state index contributed by atoms with van der Waals surface area (Å²) in [6, 6.07) is 0. The predicted octanol–water partition coefficient (Wildman–Crippen LogP) is 2.35. The molecule has 0 aromatic heterocycles. The molecular formula is C14H28N2. The van der Waals surface area contributed by atoms with Gasteiger partial charge in [0.2, 0.25) is 0 Å². The molecule has 2 atom stereocenters. The first kappa shape index (κ1) is 12.4. The Bertz CT molecular complexity index is 223. The lowest BCUT2D eigenvalue weighted by molar-refractivity contribution is 0.0118. The summed E-state index contributed by atoms with van der Waals surface area (Å²) < 4.78 is 0. The quantitative estimate of drug-likeness (QED) is 0.774. The fourth-order valence-electron chi connectivity index (χ4n) is 3.87. The van der Waals surface area contributed by atoms with E-state index in [0.29, 0.717) is 5.41 Å². The van der Waals surface area contributed by atoms with E-state index in [9.17, 15) is 0 Å². The number of hydrogen-bond acceptors (Lipinski definition) is 2. The third-order valence-electron chi connectivity index (χ3n) is 4.61. The molecular weight excluding hydrogens is 196 g/mol. The van der Waals surface area contributed by atoms with Gasteiger partial charge in [-0.1, -0.05) is 13.8 Å². The standard InChI is InChI=1S/C14H28N2/c1-12(2)9-13-10-15-7-6-14(13)5-4-8-16(3)11-14/h12-13,15H,4-11H2,1-3H3. The van der Waals surface area contributed by atoms with Gasteiger partial charge in [0.15, 0.2) is 0 Å². The second kappa shape index (κ2) is 5.05. The maximum Gasteiger partial charge on any atom is 0.00385 e. The molecule has 2 fully saturated rings. The second-order valence-electron chi connectivity index (χ2n) is 6.48. The molecule has 1 spiro atoms. The third kappa shape index (κ3) is 2.60. The summed E-state index contributed by atoms with van der Waals surface area (Å²) in [5, 5.41) is 3.61. The van der Waals surface area contributed by atoms with Gasteiger partial charge in [-0.25, -0.2) is 0 Å². The highest BCUT2D eigenvalue weighted by Crippen LogP contribution is 2.44. The summed E-state index contributed by atoms with van der Waals surface area (Å²) in [6.07, 6.45) is 5.68. The number of nitrogens with zero attached hydrogens (tertiary/aromatic N) is 1. The Labute approximate surface area is 101 Å². The molecule has 0 aliphatic carbocycles. The molecule has 2 heterocycles. The molecule has 2 aliphatic heterocycles. The van der Waals surface area contributed by atoms with Crippen molar-refractivity contribution in [3.8, 4) is 0 Å². The molecule has 2 heteroatoms. The van der Waals surface area contributed by atoms with Gasteiger partial charge in [-0.2, -0.15) is 0 Å². The first-order chi connectivity index (χ1) is 7.62. The monoisotopic (exact) mass is 224 g/mol. The van der Waals surface area contributed by atoms with Crippen LogP contribution in [0.5, 0.6) is 0 Å². The maximum absolute atomic E-state index is 3.61. The van der Waals surface area contributed by atoms with Crippen LogP contribution in [0.15, 0.2) is 0 Å². The number of likely N-dealkylation sites (tertiary alicyclic amines) is 1. The Morgan fingerprint density at radius 3 is 2.88 bits per heavy atom. The van der Waals surface area contributed by atoms with E-state index in [1.807, 2.05) is 0 Å². The van der Waals surface area contributed by atoms with Gasteiger partial charge in [0.05, 0.1) is 0 Å². The van der Waals surface area contributed by atoms with E-state index < -0.39 is 0 Å². The van der Waals surface area contributed by atoms with Crippen LogP contribution in [0.2, 0.25) is 0 Å². The normalized spacial score (nSPS) is 37.1. The highest BCUT2D eigenvalue weighted by molar-refractivity contribution is 4.95. The van der Waals surface area contributed by atoms with E-state index in [4.69, 9.17) is 0 Å². The van der Waals surface area contributed by atoms with E-state index in [-0.39, 0.29) is 0 Å². The van der Waals surface area contributed by atoms with Gasteiger partial charge in [-0.05, 0) is 69.6 Å². The average Bonchev–Trinajstić information content (AvgIpc) is 2.21. The van der Waals surface area contributed by atoms with Crippen molar-refractivity contribution in [2.75, 3.05) is 33.2 Å². The minimum Gasteiger partial charge on any atom is -0.316 e. The van der Waals surface area contributed by atoms with Gasteiger partial charge in [-0.15, -0.1) is 0 Å². The van der Waals surface area contributed by atoms with Crippen molar-refractivity contribution >= 4 is 0 Å². The molecule has 2 unspecified atom stereocenters. The highest BCUT2D eigenvalue weighted by atomic mass is 15.1. The molecule has 1 N–H and O–H groups in total. The lowest BCUT2D eigenvalue weighted by Crippen LogP contribution is -2.53. The molecule has 2 aliphatic rings. The molecule has 0 radical (unpaired) electrons. The van der Waals surface area contributed by atoms with Crippen molar-refractivity contribution < 1.29 is 0 Å². The highest BCUT2D eigenvalue weighted by Gasteiger charge is 2.42. The summed E-state index contributed by atoms with van der Waals surface area (Å²) in [4.78, 5) is 2.56. The Kier molecular flexibility index (Phi) is 3.91. The Hall–Kier alpha value is -0.0800. The maximum atomic E-state index is 3.61. The Balaban J connectivity index is 2.07. The zero-order valence-electron chi connectivity index (χ0n) is 11.3. The number of nitrogens with one attached hydrogen (secondary N) is 1. The van der Waals surface area contributed by atoms with Crippen LogP contribution in [0.4, 0.5) is 0 Å². The van der Waals surface area contributed by atoms with E-state index in [0.717, 1.165) is 11.8 Å². The first-order valence-electron chi connectivity index (χ1n) is 7.02. The topological polar surface area (TPSA) is 15.3 Å². The zero-order valence-corrected chi connectivity index (χ0v) is 11.3. The third-order valence-corrected chi connectivity index (χ3v) is 4.61. The van der Waals surface area contributed by atoms with E-state index >= 15 is 0 Å². The van der Waals surface area contributed by atoms with Crippen molar-refractivity contribution in [1.82, 2.24) is 10.2 Å². The van der Waals surface area contributed by atoms with Gasteiger partial charge in [0.1, 0.15) is 0 Å². The molecule has 0 amide bonds. The van der Waals surface area contributed by atoms with Crippen LogP contribution >= 0.6 is 0 Å². The largest absolute Gasteiger partial charge is 0.316 e. The van der Waals surface area contributed by atoms with Crippen LogP contribution in [0.25, 0.3) is 0 Å². The molecule has 0 aromatic carbocycles. The van der Waals surface area contributed by atoms with Gasteiger partial charge >= 0.3 is 0 Å². The number of hydrogen-bond donors (Lipinski definition) is 1. The van der Waals surface area contributed by atoms with Crippen LogP contribution < -0.4 is 5.32 Å². The summed E-state index contributed by atoms with van der Waals surface area (Å²) in [7, 11) is 2.30. The Morgan fingerprint density at radius 2 is 2.19 bits per heavy atom. The lowest BCUT2D eigenvalue weighted by atomic mass is 9.64. The van der Waals surface area contributed by atoms with Gasteiger partial charge in [0.25, 0.3) is 0 Å². The van der Waals surface area contributed by atoms with E-state index in [1.165, 1.54) is 51.9 Å². The van der Waals surface area contributed by atoms with Crippen molar-refractivity contribution in [3.05, 3.63) is 0 Å². The summed E-state index contributed by atoms with van der Waals surface area (Å²) in [5.74, 6) is 1.75. The van der Waals surface area contributed by atoms with Gasteiger partial charge < -0.3 is 10.2 Å². The SMILES string of the molecule is CC(C)CC1CNCCC12CCCN(C)C2. The fraction of sp³-hybridized carbons (Fsp3) is 1.00. The van der Waals surface area contributed by atoms with Gasteiger partial charge in [0, 0.05) is 6.54 Å². The molecule has 0 bridgehead atoms. The molecule has 2 rings (SSSR count).